The Hall–Kier alpha value is -4.31. The highest BCUT2D eigenvalue weighted by molar-refractivity contribution is 7.98. The van der Waals surface area contributed by atoms with E-state index in [0.717, 1.165) is 27.8 Å². The van der Waals surface area contributed by atoms with E-state index in [1.807, 2.05) is 29.8 Å². The third-order valence-corrected chi connectivity index (χ3v) is 11.3. The maximum atomic E-state index is 14.5. The van der Waals surface area contributed by atoms with Gasteiger partial charge in [-0.3, -0.25) is 14.4 Å². The molecule has 2 heterocycles. The van der Waals surface area contributed by atoms with Crippen LogP contribution in [0, 0.1) is 5.41 Å². The average molecular weight is 788 g/mol. The maximum Gasteiger partial charge on any atom is 0.408 e. The van der Waals surface area contributed by atoms with Crippen molar-refractivity contribution in [2.24, 2.45) is 5.41 Å². The van der Waals surface area contributed by atoms with Gasteiger partial charge in [-0.25, -0.2) is 22.9 Å². The molecule has 3 N–H and O–H groups in total. The zero-order valence-corrected chi connectivity index (χ0v) is 33.9. The first-order valence-corrected chi connectivity index (χ1v) is 20.8. The van der Waals surface area contributed by atoms with Crippen LogP contribution in [0.5, 0.6) is 11.6 Å². The summed E-state index contributed by atoms with van der Waals surface area (Å²) in [6, 6.07) is 3.30. The molecule has 3 atom stereocenters. The lowest BCUT2D eigenvalue weighted by Crippen LogP contribution is -2.58. The van der Waals surface area contributed by atoms with Crippen LogP contribution < -0.4 is 24.8 Å². The summed E-state index contributed by atoms with van der Waals surface area (Å²) in [5, 5.41) is 6.15. The lowest BCUT2D eigenvalue weighted by molar-refractivity contribution is -0.142. The number of nitrogens with one attached hydrogen (secondary N) is 3. The number of rotatable bonds is 15. The Morgan fingerprint density at radius 2 is 1.78 bits per heavy atom. The minimum Gasteiger partial charge on any atom is -0.494 e. The molecule has 2 fully saturated rings. The van der Waals surface area contributed by atoms with Crippen LogP contribution in [0.4, 0.5) is 4.79 Å². The summed E-state index contributed by atoms with van der Waals surface area (Å²) in [4.78, 5) is 60.5. The van der Waals surface area contributed by atoms with Gasteiger partial charge in [-0.05, 0) is 81.4 Å². The van der Waals surface area contributed by atoms with Crippen LogP contribution in [0.1, 0.15) is 80.2 Å². The van der Waals surface area contributed by atoms with E-state index in [-0.39, 0.29) is 18.7 Å². The molecule has 0 spiro atoms. The molecule has 0 bridgehead atoms. The highest BCUT2D eigenvalue weighted by Gasteiger charge is 2.47. The van der Waals surface area contributed by atoms with Crippen LogP contribution in [0.3, 0.4) is 0 Å². The second-order valence-corrected chi connectivity index (χ2v) is 18.5. The molecule has 1 aromatic heterocycles. The standard InChI is InChI=1S/C38H53N5O9S2/c1-10-13-28(32(44)42-54(48,49)24-14-15-24)40-33(45)29-20-23(21-43(29)35(46)31(37(4,5)6)41-36(47)52-38(7,8)9)51-34-26-16-17-30(50-11-2)27(22-53-12-3)25(26)18-19-39-34/h10,13,16-19,23-24,29,31H,1,11-12,14-15,20-22H2,2-9H3,(H,40,45)(H,41,47)(H,42,44)/b28-13+/t23-,29+,31-/m1/s1. The lowest BCUT2D eigenvalue weighted by Gasteiger charge is -2.35. The fourth-order valence-corrected chi connectivity index (χ4v) is 7.93. The van der Waals surface area contributed by atoms with Crippen molar-refractivity contribution in [1.29, 1.82) is 0 Å². The van der Waals surface area contributed by atoms with Crippen molar-refractivity contribution >= 4 is 56.4 Å². The van der Waals surface area contributed by atoms with Gasteiger partial charge >= 0.3 is 6.09 Å². The Bertz CT molecular complexity index is 1880. The predicted molar refractivity (Wildman–Crippen MR) is 208 cm³/mol. The normalized spacial score (nSPS) is 18.4. The number of nitrogens with zero attached hydrogens (tertiary/aromatic N) is 2. The summed E-state index contributed by atoms with van der Waals surface area (Å²) in [5.41, 5.74) is -1.04. The highest BCUT2D eigenvalue weighted by Crippen LogP contribution is 2.36. The van der Waals surface area contributed by atoms with Crippen molar-refractivity contribution in [3.8, 4) is 11.6 Å². The van der Waals surface area contributed by atoms with Crippen molar-refractivity contribution in [2.45, 2.75) is 109 Å². The second-order valence-electron chi connectivity index (χ2n) is 15.2. The number of sulfonamides is 1. The summed E-state index contributed by atoms with van der Waals surface area (Å²) in [6.45, 7) is 18.4. The number of benzene rings is 1. The van der Waals surface area contributed by atoms with Crippen LogP contribution in [0.2, 0.25) is 0 Å². The Morgan fingerprint density at radius 3 is 2.37 bits per heavy atom. The van der Waals surface area contributed by atoms with Crippen molar-refractivity contribution in [3.63, 3.8) is 0 Å². The topological polar surface area (TPSA) is 182 Å². The van der Waals surface area contributed by atoms with Gasteiger partial charge in [0.05, 0.1) is 18.4 Å². The van der Waals surface area contributed by atoms with Crippen molar-refractivity contribution in [1.82, 2.24) is 25.2 Å². The number of hydrogen-bond donors (Lipinski definition) is 3. The summed E-state index contributed by atoms with van der Waals surface area (Å²) in [7, 11) is -3.94. The molecule has 296 valence electrons. The molecule has 14 nitrogen and oxygen atoms in total. The second kappa shape index (κ2) is 17.4. The first-order valence-electron chi connectivity index (χ1n) is 18.1. The quantitative estimate of drug-likeness (QED) is 0.164. The number of carbonyl (C=O) groups excluding carboxylic acids is 4. The third kappa shape index (κ3) is 10.9. The first kappa shape index (κ1) is 42.4. The van der Waals surface area contributed by atoms with Gasteiger partial charge in [0.15, 0.2) is 0 Å². The first-order chi connectivity index (χ1) is 25.3. The Morgan fingerprint density at radius 1 is 1.07 bits per heavy atom. The number of thioether (sulfide) groups is 1. The summed E-state index contributed by atoms with van der Waals surface area (Å²) in [6.07, 6.45) is 3.34. The molecular formula is C38H53N5O9S2. The van der Waals surface area contributed by atoms with Gasteiger partial charge in [-0.2, -0.15) is 11.8 Å². The van der Waals surface area contributed by atoms with Crippen molar-refractivity contribution < 1.29 is 41.8 Å². The van der Waals surface area contributed by atoms with E-state index in [0.29, 0.717) is 31.1 Å². The molecular weight excluding hydrogens is 735 g/mol. The summed E-state index contributed by atoms with van der Waals surface area (Å²) >= 11 is 1.75. The molecule has 1 saturated carbocycles. The summed E-state index contributed by atoms with van der Waals surface area (Å²) in [5.74, 6) is 0.287. The van der Waals surface area contributed by atoms with Gasteiger partial charge < -0.3 is 29.7 Å². The number of amides is 4. The van der Waals surface area contributed by atoms with Gasteiger partial charge in [-0.1, -0.05) is 40.3 Å². The molecule has 4 amide bonds. The molecule has 1 saturated heterocycles. The summed E-state index contributed by atoms with van der Waals surface area (Å²) < 4.78 is 45.0. The molecule has 2 aliphatic rings. The van der Waals surface area contributed by atoms with Gasteiger partial charge in [-0.15, -0.1) is 0 Å². The van der Waals surface area contributed by atoms with Crippen molar-refractivity contribution in [3.05, 3.63) is 54.4 Å². The van der Waals surface area contributed by atoms with E-state index in [1.165, 1.54) is 17.1 Å². The number of hydrogen-bond acceptors (Lipinski definition) is 11. The van der Waals surface area contributed by atoms with E-state index >= 15 is 0 Å². The number of allylic oxidation sites excluding steroid dienone is 2. The number of pyridine rings is 1. The fraction of sp³-hybridized carbons (Fsp3) is 0.553. The van der Waals surface area contributed by atoms with Gasteiger partial charge in [0.2, 0.25) is 27.7 Å². The Labute approximate surface area is 322 Å². The molecule has 0 unspecified atom stereocenters. The van der Waals surface area contributed by atoms with Gasteiger partial charge in [0.1, 0.15) is 35.2 Å². The van der Waals surface area contributed by atoms with Crippen LogP contribution in [-0.4, -0.2) is 90.1 Å². The SMILES string of the molecule is C=C/C=C(/NC(=O)[C@@H]1C[C@@H](Oc2nccc3c(CSCC)c(OCC)ccc23)CN1C(=O)[C@@H](NC(=O)OC(C)(C)C)C(C)(C)C)C(=O)NS(=O)(=O)C1CC1. The number of ether oxygens (including phenoxy) is 3. The molecule has 1 aromatic carbocycles. The highest BCUT2D eigenvalue weighted by atomic mass is 32.2. The average Bonchev–Trinajstić information content (AvgIpc) is 3.86. The molecule has 16 heteroatoms. The van der Waals surface area contributed by atoms with Crippen molar-refractivity contribution in [2.75, 3.05) is 18.9 Å². The monoisotopic (exact) mass is 787 g/mol. The molecule has 1 aliphatic heterocycles. The zero-order chi connectivity index (χ0) is 40.0. The van der Waals surface area contributed by atoms with Crippen LogP contribution in [0.25, 0.3) is 10.8 Å². The van der Waals surface area contributed by atoms with E-state index in [4.69, 9.17) is 14.2 Å². The van der Waals surface area contributed by atoms with Gasteiger partial charge in [0, 0.05) is 29.3 Å². The fourth-order valence-electron chi connectivity index (χ4n) is 5.93. The number of alkyl carbamates (subject to hydrolysis) is 1. The molecule has 0 radical (unpaired) electrons. The predicted octanol–water partition coefficient (Wildman–Crippen LogP) is 4.97. The molecule has 54 heavy (non-hydrogen) atoms. The number of carbonyl (C=O) groups is 4. The van der Waals surface area contributed by atoms with E-state index in [2.05, 4.69) is 29.1 Å². The molecule has 2 aromatic rings. The van der Waals surface area contributed by atoms with Crippen LogP contribution in [-0.2, 0) is 34.9 Å². The third-order valence-electron chi connectivity index (χ3n) is 8.61. The van der Waals surface area contributed by atoms with E-state index in [1.54, 1.807) is 59.5 Å². The maximum absolute atomic E-state index is 14.5. The zero-order valence-electron chi connectivity index (χ0n) is 32.3. The number of likely N-dealkylation sites (tertiary alicyclic amines) is 1. The minimum absolute atomic E-state index is 0.0160. The van der Waals surface area contributed by atoms with E-state index in [9.17, 15) is 27.6 Å². The van der Waals surface area contributed by atoms with E-state index < -0.39 is 68.3 Å². The van der Waals surface area contributed by atoms with Crippen LogP contribution >= 0.6 is 11.8 Å². The minimum atomic E-state index is -3.94. The Balaban J connectivity index is 1.69. The Kier molecular flexibility index (Phi) is 13.7. The van der Waals surface area contributed by atoms with Gasteiger partial charge in [0.25, 0.3) is 5.91 Å². The largest absolute Gasteiger partial charge is 0.494 e. The van der Waals surface area contributed by atoms with Crippen LogP contribution in [0.15, 0.2) is 48.8 Å². The number of aromatic nitrogens is 1. The number of fused-ring (bicyclic) bond motifs is 1. The smallest absolute Gasteiger partial charge is 0.408 e. The molecule has 4 rings (SSSR count). The molecule has 1 aliphatic carbocycles. The lowest BCUT2D eigenvalue weighted by atomic mass is 9.85.